The molecule has 0 spiro atoms. The second-order valence-corrected chi connectivity index (χ2v) is 10.2. The standard InChI is InChI=1S/C26H21N9OS/c1-13(36)22-2-3-23(37-22)26-15-7-19(31-17(15)4-5-29-26)25-16-6-18(30-9-20(16)33-34-25)21-8-28-10-24(32-21)35-11-14(27)12-35/h2-10,14,31H,11-12,27H2,1H3,(H,33,34). The van der Waals surface area contributed by atoms with Crippen LogP contribution in [0.5, 0.6) is 0 Å². The van der Waals surface area contributed by atoms with E-state index in [2.05, 4.69) is 35.0 Å². The Morgan fingerprint density at radius 2 is 1.89 bits per heavy atom. The molecule has 0 radical (unpaired) electrons. The average molecular weight is 508 g/mol. The first kappa shape index (κ1) is 21.8. The molecular formula is C26H21N9OS. The number of nitrogens with zero attached hydrogens (tertiary/aromatic N) is 6. The predicted molar refractivity (Wildman–Crippen MR) is 144 cm³/mol. The van der Waals surface area contributed by atoms with Crippen molar-refractivity contribution in [3.8, 4) is 33.3 Å². The number of ketones is 1. The van der Waals surface area contributed by atoms with Crippen molar-refractivity contribution in [2.75, 3.05) is 18.0 Å². The fourth-order valence-electron chi connectivity index (χ4n) is 4.63. The summed E-state index contributed by atoms with van der Waals surface area (Å²) in [4.78, 5) is 37.4. The van der Waals surface area contributed by atoms with E-state index in [0.29, 0.717) is 16.3 Å². The topological polar surface area (TPSA) is 142 Å². The van der Waals surface area contributed by atoms with Gasteiger partial charge in [0.05, 0.1) is 50.9 Å². The largest absolute Gasteiger partial charge is 0.353 e. The van der Waals surface area contributed by atoms with Gasteiger partial charge in [0.25, 0.3) is 0 Å². The molecule has 0 bridgehead atoms. The molecule has 6 aromatic heterocycles. The monoisotopic (exact) mass is 507 g/mol. The highest BCUT2D eigenvalue weighted by Crippen LogP contribution is 2.36. The Morgan fingerprint density at radius 1 is 1.03 bits per heavy atom. The van der Waals surface area contributed by atoms with E-state index in [1.54, 1.807) is 31.7 Å². The number of anilines is 1. The van der Waals surface area contributed by atoms with Crippen molar-refractivity contribution < 1.29 is 4.79 Å². The third kappa shape index (κ3) is 3.67. The normalized spacial score (nSPS) is 13.9. The van der Waals surface area contributed by atoms with Gasteiger partial charge in [0, 0.05) is 41.6 Å². The van der Waals surface area contributed by atoms with Gasteiger partial charge < -0.3 is 15.6 Å². The Kier molecular flexibility index (Phi) is 4.88. The van der Waals surface area contributed by atoms with E-state index in [0.717, 1.165) is 62.7 Å². The van der Waals surface area contributed by atoms with Gasteiger partial charge in [-0.25, -0.2) is 4.98 Å². The zero-order chi connectivity index (χ0) is 25.1. The molecule has 10 nitrogen and oxygen atoms in total. The molecule has 0 amide bonds. The van der Waals surface area contributed by atoms with Gasteiger partial charge in [-0.1, -0.05) is 0 Å². The van der Waals surface area contributed by atoms with Crippen LogP contribution in [0.15, 0.2) is 55.1 Å². The Hall–Kier alpha value is -4.48. The van der Waals surface area contributed by atoms with Gasteiger partial charge in [-0.3, -0.25) is 24.8 Å². The SMILES string of the molecule is CC(=O)c1ccc(-c2nccc3[nH]c(-c4n[nH]c5cnc(-c6cncc(N7CC(N)C7)n6)cc45)cc23)s1. The summed E-state index contributed by atoms with van der Waals surface area (Å²) >= 11 is 1.45. The Bertz CT molecular complexity index is 1810. The lowest BCUT2D eigenvalue weighted by molar-refractivity contribution is 0.102. The average Bonchev–Trinajstić information content (AvgIpc) is 3.64. The molecule has 0 unspecified atom stereocenters. The van der Waals surface area contributed by atoms with Crippen LogP contribution in [0.4, 0.5) is 5.82 Å². The summed E-state index contributed by atoms with van der Waals surface area (Å²) < 4.78 is 0. The summed E-state index contributed by atoms with van der Waals surface area (Å²) in [6.45, 7) is 3.12. The molecular weight excluding hydrogens is 486 g/mol. The maximum absolute atomic E-state index is 11.8. The number of Topliss-reactive ketones (excluding diaryl/α,β-unsaturated/α-hetero) is 1. The number of aromatic nitrogens is 7. The molecule has 7 rings (SSSR count). The third-order valence-electron chi connectivity index (χ3n) is 6.55. The third-order valence-corrected chi connectivity index (χ3v) is 7.75. The van der Waals surface area contributed by atoms with Crippen molar-refractivity contribution in [2.24, 2.45) is 5.73 Å². The molecule has 1 aliphatic rings. The summed E-state index contributed by atoms with van der Waals surface area (Å²) in [5, 5.41) is 9.55. The van der Waals surface area contributed by atoms with Crippen molar-refractivity contribution >= 4 is 44.7 Å². The lowest BCUT2D eigenvalue weighted by atomic mass is 10.1. The number of carbonyl (C=O) groups excluding carboxylic acids is 1. The van der Waals surface area contributed by atoms with Crippen LogP contribution in [-0.4, -0.2) is 60.0 Å². The molecule has 1 saturated heterocycles. The van der Waals surface area contributed by atoms with Crippen LogP contribution in [0, 0.1) is 0 Å². The second-order valence-electron chi connectivity index (χ2n) is 9.14. The van der Waals surface area contributed by atoms with E-state index in [1.165, 1.54) is 11.3 Å². The molecule has 1 aliphatic heterocycles. The van der Waals surface area contributed by atoms with Crippen molar-refractivity contribution in [1.82, 2.24) is 35.1 Å². The minimum atomic E-state index is 0.0502. The Morgan fingerprint density at radius 3 is 2.70 bits per heavy atom. The summed E-state index contributed by atoms with van der Waals surface area (Å²) in [6, 6.07) is 9.94. The van der Waals surface area contributed by atoms with Gasteiger partial charge in [-0.2, -0.15) is 5.10 Å². The van der Waals surface area contributed by atoms with E-state index >= 15 is 0 Å². The smallest absolute Gasteiger partial charge is 0.169 e. The molecule has 1 fully saturated rings. The molecule has 0 aromatic carbocycles. The van der Waals surface area contributed by atoms with E-state index in [9.17, 15) is 4.79 Å². The predicted octanol–water partition coefficient (Wildman–Crippen LogP) is 4.04. The Balaban J connectivity index is 1.29. The minimum absolute atomic E-state index is 0.0502. The maximum Gasteiger partial charge on any atom is 0.169 e. The van der Waals surface area contributed by atoms with Crippen molar-refractivity contribution in [2.45, 2.75) is 13.0 Å². The highest BCUT2D eigenvalue weighted by Gasteiger charge is 2.25. The minimum Gasteiger partial charge on any atom is -0.353 e. The number of fused-ring (bicyclic) bond motifs is 2. The number of aromatic amines is 2. The number of pyridine rings is 2. The van der Waals surface area contributed by atoms with Gasteiger partial charge in [0.2, 0.25) is 0 Å². The number of hydrogen-bond acceptors (Lipinski definition) is 9. The molecule has 11 heteroatoms. The zero-order valence-corrected chi connectivity index (χ0v) is 20.6. The van der Waals surface area contributed by atoms with Crippen LogP contribution in [0.1, 0.15) is 16.6 Å². The fourth-order valence-corrected chi connectivity index (χ4v) is 5.54. The highest BCUT2D eigenvalue weighted by atomic mass is 32.1. The van der Waals surface area contributed by atoms with Gasteiger partial charge >= 0.3 is 0 Å². The Labute approximate surface area is 214 Å². The number of carbonyl (C=O) groups is 1. The molecule has 37 heavy (non-hydrogen) atoms. The van der Waals surface area contributed by atoms with Crippen LogP contribution < -0.4 is 10.6 Å². The van der Waals surface area contributed by atoms with Gasteiger partial charge in [0.1, 0.15) is 17.2 Å². The fraction of sp³-hybridized carbons (Fsp3) is 0.154. The molecule has 0 aliphatic carbocycles. The van der Waals surface area contributed by atoms with Crippen LogP contribution in [0.3, 0.4) is 0 Å². The van der Waals surface area contributed by atoms with Crippen molar-refractivity contribution in [1.29, 1.82) is 0 Å². The summed E-state index contributed by atoms with van der Waals surface area (Å²) in [5.74, 6) is 0.847. The molecule has 4 N–H and O–H groups in total. The van der Waals surface area contributed by atoms with Gasteiger partial charge in [-0.05, 0) is 37.3 Å². The number of nitrogens with two attached hydrogens (primary N) is 1. The second kappa shape index (κ2) is 8.29. The maximum atomic E-state index is 11.8. The number of rotatable bonds is 5. The van der Waals surface area contributed by atoms with Crippen LogP contribution >= 0.6 is 11.3 Å². The number of thiophene rings is 1. The zero-order valence-electron chi connectivity index (χ0n) is 19.8. The van der Waals surface area contributed by atoms with E-state index in [4.69, 9.17) is 10.7 Å². The van der Waals surface area contributed by atoms with Gasteiger partial charge in [0.15, 0.2) is 5.78 Å². The molecule has 6 aromatic rings. The molecule has 0 atom stereocenters. The van der Waals surface area contributed by atoms with Crippen LogP contribution in [0.25, 0.3) is 55.2 Å². The highest BCUT2D eigenvalue weighted by molar-refractivity contribution is 7.17. The lowest BCUT2D eigenvalue weighted by Gasteiger charge is -2.37. The number of nitrogens with one attached hydrogen (secondary N) is 2. The van der Waals surface area contributed by atoms with Crippen molar-refractivity contribution in [3.05, 3.63) is 60.0 Å². The van der Waals surface area contributed by atoms with Crippen LogP contribution in [-0.2, 0) is 0 Å². The number of hydrogen-bond donors (Lipinski definition) is 3. The number of H-pyrrole nitrogens is 2. The molecule has 7 heterocycles. The first-order valence-corrected chi connectivity index (χ1v) is 12.6. The first-order chi connectivity index (χ1) is 18.0. The summed E-state index contributed by atoms with van der Waals surface area (Å²) in [5.41, 5.74) is 11.5. The molecule has 0 saturated carbocycles. The van der Waals surface area contributed by atoms with E-state index in [-0.39, 0.29) is 11.8 Å². The lowest BCUT2D eigenvalue weighted by Crippen LogP contribution is -2.56. The first-order valence-electron chi connectivity index (χ1n) is 11.8. The summed E-state index contributed by atoms with van der Waals surface area (Å²) in [7, 11) is 0. The van der Waals surface area contributed by atoms with E-state index in [1.807, 2.05) is 30.3 Å². The van der Waals surface area contributed by atoms with E-state index < -0.39 is 0 Å². The quantitative estimate of drug-likeness (QED) is 0.297. The van der Waals surface area contributed by atoms with Crippen LogP contribution in [0.2, 0.25) is 0 Å². The van der Waals surface area contributed by atoms with Gasteiger partial charge in [-0.15, -0.1) is 11.3 Å². The van der Waals surface area contributed by atoms with Crippen molar-refractivity contribution in [3.63, 3.8) is 0 Å². The summed E-state index contributed by atoms with van der Waals surface area (Å²) in [6.07, 6.45) is 7.00. The molecule has 182 valence electrons.